The topological polar surface area (TPSA) is 128 Å². The SMILES string of the molecule is CN(C)CCCN(CCCN(C)C)C(=O)CNS(=O)(=O)c1ccc(NC(Cc2ccccc2)Cc2ccccc2)c([N+](=O)[O-])c1. The van der Waals surface area contributed by atoms with Crippen molar-refractivity contribution in [2.75, 3.05) is 66.2 Å². The van der Waals surface area contributed by atoms with Crippen molar-refractivity contribution in [1.82, 2.24) is 19.4 Å². The van der Waals surface area contributed by atoms with Gasteiger partial charge in [-0.3, -0.25) is 14.9 Å². The molecule has 12 heteroatoms. The summed E-state index contributed by atoms with van der Waals surface area (Å²) in [6.07, 6.45) is 2.72. The summed E-state index contributed by atoms with van der Waals surface area (Å²) in [5, 5.41) is 15.4. The zero-order chi connectivity index (χ0) is 32.8. The summed E-state index contributed by atoms with van der Waals surface area (Å²) in [5.74, 6) is -0.339. The third-order valence-electron chi connectivity index (χ3n) is 7.32. The van der Waals surface area contributed by atoms with Crippen molar-refractivity contribution in [3.05, 3.63) is 100 Å². The van der Waals surface area contributed by atoms with Gasteiger partial charge in [0.15, 0.2) is 0 Å². The van der Waals surface area contributed by atoms with Gasteiger partial charge in [0.05, 0.1) is 16.4 Å². The second kappa shape index (κ2) is 17.6. The molecule has 244 valence electrons. The lowest BCUT2D eigenvalue weighted by Crippen LogP contribution is -2.42. The van der Waals surface area contributed by atoms with Crippen LogP contribution in [0.2, 0.25) is 0 Å². The molecule has 3 rings (SSSR count). The Kier molecular flexibility index (Phi) is 13.9. The molecule has 0 saturated carbocycles. The van der Waals surface area contributed by atoms with Crippen LogP contribution in [-0.2, 0) is 27.7 Å². The lowest BCUT2D eigenvalue weighted by Gasteiger charge is -2.24. The first-order valence-corrected chi connectivity index (χ1v) is 16.6. The molecule has 0 radical (unpaired) electrons. The van der Waals surface area contributed by atoms with Crippen molar-refractivity contribution in [2.24, 2.45) is 0 Å². The maximum atomic E-state index is 13.2. The summed E-state index contributed by atoms with van der Waals surface area (Å²) in [7, 11) is 3.63. The molecule has 1 amide bonds. The van der Waals surface area contributed by atoms with E-state index in [9.17, 15) is 23.3 Å². The van der Waals surface area contributed by atoms with Crippen LogP contribution in [0.25, 0.3) is 0 Å². The van der Waals surface area contributed by atoms with Gasteiger partial charge in [-0.1, -0.05) is 60.7 Å². The van der Waals surface area contributed by atoms with Crippen LogP contribution in [0.1, 0.15) is 24.0 Å². The van der Waals surface area contributed by atoms with Gasteiger partial charge in [0.1, 0.15) is 5.69 Å². The summed E-state index contributed by atoms with van der Waals surface area (Å²) in [5.41, 5.74) is 2.00. The van der Waals surface area contributed by atoms with Crippen LogP contribution >= 0.6 is 0 Å². The third-order valence-corrected chi connectivity index (χ3v) is 8.72. The van der Waals surface area contributed by atoms with Gasteiger partial charge in [-0.2, -0.15) is 0 Å². The molecule has 0 heterocycles. The van der Waals surface area contributed by atoms with Crippen LogP contribution in [0.3, 0.4) is 0 Å². The minimum atomic E-state index is -4.20. The lowest BCUT2D eigenvalue weighted by atomic mass is 9.98. The first-order valence-electron chi connectivity index (χ1n) is 15.1. The molecular formula is C33H46N6O5S. The number of nitro groups is 1. The standard InChI is InChI=1S/C33H46N6O5S/c1-36(2)19-11-21-38(22-12-20-37(3)4)33(40)26-34-45(43,44)30-17-18-31(32(25-30)39(41)42)35-29(23-27-13-7-5-8-14-27)24-28-15-9-6-10-16-28/h5-10,13-18,25,29,34-35H,11-12,19-24,26H2,1-4H3. The maximum Gasteiger partial charge on any atom is 0.293 e. The third kappa shape index (κ3) is 12.2. The van der Waals surface area contributed by atoms with Crippen LogP contribution in [0.5, 0.6) is 0 Å². The van der Waals surface area contributed by atoms with Crippen molar-refractivity contribution in [3.63, 3.8) is 0 Å². The molecule has 0 aliphatic heterocycles. The Labute approximate surface area is 267 Å². The molecule has 3 aromatic rings. The van der Waals surface area contributed by atoms with E-state index in [1.54, 1.807) is 4.90 Å². The van der Waals surface area contributed by atoms with Crippen molar-refractivity contribution in [1.29, 1.82) is 0 Å². The average Bonchev–Trinajstić information content (AvgIpc) is 3.00. The average molecular weight is 639 g/mol. The number of benzene rings is 3. The molecule has 0 atom stereocenters. The number of rotatable bonds is 19. The van der Waals surface area contributed by atoms with Crippen molar-refractivity contribution < 1.29 is 18.1 Å². The predicted octanol–water partition coefficient (Wildman–Crippen LogP) is 3.87. The molecule has 0 aromatic heterocycles. The van der Waals surface area contributed by atoms with E-state index in [1.807, 2.05) is 98.7 Å². The second-order valence-corrected chi connectivity index (χ2v) is 13.4. The molecule has 11 nitrogen and oxygen atoms in total. The van der Waals surface area contributed by atoms with E-state index in [1.165, 1.54) is 12.1 Å². The molecule has 0 saturated heterocycles. The summed E-state index contributed by atoms with van der Waals surface area (Å²) in [4.78, 5) is 30.1. The maximum absolute atomic E-state index is 13.2. The Hall–Kier alpha value is -3.84. The number of nitrogens with zero attached hydrogens (tertiary/aromatic N) is 4. The fraction of sp³-hybridized carbons (Fsp3) is 0.424. The highest BCUT2D eigenvalue weighted by Gasteiger charge is 2.25. The van der Waals surface area contributed by atoms with Crippen LogP contribution in [-0.4, -0.2) is 101 Å². The summed E-state index contributed by atoms with van der Waals surface area (Å²) in [6.45, 7) is 2.17. The molecular weight excluding hydrogens is 592 g/mol. The van der Waals surface area contributed by atoms with Crippen LogP contribution in [0.4, 0.5) is 11.4 Å². The zero-order valence-electron chi connectivity index (χ0n) is 26.7. The zero-order valence-corrected chi connectivity index (χ0v) is 27.5. The van der Waals surface area contributed by atoms with E-state index in [0.29, 0.717) is 25.9 Å². The van der Waals surface area contributed by atoms with E-state index >= 15 is 0 Å². The van der Waals surface area contributed by atoms with Gasteiger partial charge in [-0.25, -0.2) is 13.1 Å². The second-order valence-electron chi connectivity index (χ2n) is 11.7. The monoisotopic (exact) mass is 638 g/mol. The highest BCUT2D eigenvalue weighted by molar-refractivity contribution is 7.89. The van der Waals surface area contributed by atoms with Gasteiger partial charge in [-0.05, 0) is 90.2 Å². The molecule has 0 bridgehead atoms. The Bertz CT molecular complexity index is 1410. The van der Waals surface area contributed by atoms with E-state index in [4.69, 9.17) is 0 Å². The quantitative estimate of drug-likeness (QED) is 0.150. The lowest BCUT2D eigenvalue weighted by molar-refractivity contribution is -0.384. The number of sulfonamides is 1. The van der Waals surface area contributed by atoms with Gasteiger partial charge in [-0.15, -0.1) is 0 Å². The number of anilines is 1. The van der Waals surface area contributed by atoms with Gasteiger partial charge in [0.25, 0.3) is 5.69 Å². The van der Waals surface area contributed by atoms with E-state index < -0.39 is 21.5 Å². The van der Waals surface area contributed by atoms with Crippen LogP contribution < -0.4 is 10.0 Å². The first kappa shape index (κ1) is 35.6. The van der Waals surface area contributed by atoms with Gasteiger partial charge < -0.3 is 20.0 Å². The number of hydrogen-bond acceptors (Lipinski definition) is 8. The Morgan fingerprint density at radius 2 is 1.31 bits per heavy atom. The highest BCUT2D eigenvalue weighted by Crippen LogP contribution is 2.29. The van der Waals surface area contributed by atoms with Crippen molar-refractivity contribution in [3.8, 4) is 0 Å². The molecule has 0 aliphatic rings. The van der Waals surface area contributed by atoms with E-state index in [2.05, 4.69) is 10.0 Å². The Balaban J connectivity index is 1.76. The van der Waals surface area contributed by atoms with E-state index in [-0.39, 0.29) is 28.2 Å². The van der Waals surface area contributed by atoms with Crippen molar-refractivity contribution in [2.45, 2.75) is 36.6 Å². The number of nitrogens with one attached hydrogen (secondary N) is 2. The number of amides is 1. The Morgan fingerprint density at radius 1 is 0.800 bits per heavy atom. The van der Waals surface area contributed by atoms with Gasteiger partial charge in [0, 0.05) is 25.2 Å². The van der Waals surface area contributed by atoms with Gasteiger partial charge in [0.2, 0.25) is 15.9 Å². The highest BCUT2D eigenvalue weighted by atomic mass is 32.2. The summed E-state index contributed by atoms with van der Waals surface area (Å²) >= 11 is 0. The number of hydrogen-bond donors (Lipinski definition) is 2. The smallest absolute Gasteiger partial charge is 0.293 e. The Morgan fingerprint density at radius 3 is 1.78 bits per heavy atom. The fourth-order valence-corrected chi connectivity index (χ4v) is 6.01. The molecule has 45 heavy (non-hydrogen) atoms. The number of carbonyl (C=O) groups excluding carboxylic acids is 1. The summed E-state index contributed by atoms with van der Waals surface area (Å²) in [6, 6.07) is 23.3. The summed E-state index contributed by atoms with van der Waals surface area (Å²) < 4.78 is 28.8. The minimum Gasteiger partial charge on any atom is -0.376 e. The molecule has 3 aromatic carbocycles. The van der Waals surface area contributed by atoms with Gasteiger partial charge >= 0.3 is 0 Å². The molecule has 2 N–H and O–H groups in total. The number of nitro benzene ring substituents is 1. The minimum absolute atomic E-state index is 0.197. The molecule has 0 fully saturated rings. The molecule has 0 aliphatic carbocycles. The van der Waals surface area contributed by atoms with Crippen LogP contribution in [0.15, 0.2) is 83.8 Å². The number of carbonyl (C=O) groups is 1. The normalized spacial score (nSPS) is 11.7. The van der Waals surface area contributed by atoms with Crippen LogP contribution in [0, 0.1) is 10.1 Å². The molecule has 0 unspecified atom stereocenters. The molecule has 0 spiro atoms. The fourth-order valence-electron chi connectivity index (χ4n) is 5.01. The predicted molar refractivity (Wildman–Crippen MR) is 179 cm³/mol. The van der Waals surface area contributed by atoms with E-state index in [0.717, 1.165) is 43.1 Å². The first-order chi connectivity index (χ1) is 21.4. The largest absolute Gasteiger partial charge is 0.376 e. The van der Waals surface area contributed by atoms with Crippen molar-refractivity contribution >= 4 is 27.3 Å².